The van der Waals surface area contributed by atoms with Crippen LogP contribution in [-0.4, -0.2) is 27.8 Å². The maximum absolute atomic E-state index is 4.48. The summed E-state index contributed by atoms with van der Waals surface area (Å²) in [5, 5.41) is 9.33. The molecule has 7 nitrogen and oxygen atoms in total. The second-order valence-electron chi connectivity index (χ2n) is 6.03. The van der Waals surface area contributed by atoms with Gasteiger partial charge in [-0.15, -0.1) is 0 Å². The van der Waals surface area contributed by atoms with Crippen molar-refractivity contribution in [3.05, 3.63) is 78.6 Å². The van der Waals surface area contributed by atoms with Crippen LogP contribution in [0.4, 0.5) is 11.8 Å². The SMILES string of the molecule is C=C/C=C\NC1=NC=C(Cc2ccc(NCc3cnc(NC)nc3)nc2)C1. The van der Waals surface area contributed by atoms with Crippen molar-refractivity contribution in [2.75, 3.05) is 17.7 Å². The van der Waals surface area contributed by atoms with E-state index in [-0.39, 0.29) is 0 Å². The molecule has 0 saturated carbocycles. The zero-order valence-corrected chi connectivity index (χ0v) is 15.3. The normalized spacial score (nSPS) is 13.2. The number of rotatable bonds is 8. The van der Waals surface area contributed by atoms with Gasteiger partial charge in [0.25, 0.3) is 0 Å². The molecule has 138 valence electrons. The van der Waals surface area contributed by atoms with E-state index in [2.05, 4.69) is 48.5 Å². The fraction of sp³-hybridized carbons (Fsp3) is 0.200. The van der Waals surface area contributed by atoms with Crippen LogP contribution in [-0.2, 0) is 13.0 Å². The number of allylic oxidation sites excluding steroid dienone is 2. The molecule has 0 fully saturated rings. The molecule has 27 heavy (non-hydrogen) atoms. The highest BCUT2D eigenvalue weighted by atomic mass is 15.1. The number of nitrogens with zero attached hydrogens (tertiary/aromatic N) is 4. The third-order valence-corrected chi connectivity index (χ3v) is 3.94. The van der Waals surface area contributed by atoms with Crippen LogP contribution in [0.1, 0.15) is 17.5 Å². The standard InChI is InChI=1S/C20H23N7/c1-3-4-7-22-19-9-16(11-25-19)8-15-5-6-18(23-10-15)24-12-17-13-26-20(21-2)27-14-17/h3-7,10-11,13-14H,1,8-9,12H2,2H3,(H,22,25)(H,23,24)(H,21,26,27)/b7-4-. The zero-order valence-electron chi connectivity index (χ0n) is 15.3. The smallest absolute Gasteiger partial charge is 0.222 e. The molecule has 1 aliphatic rings. The molecule has 3 rings (SSSR count). The van der Waals surface area contributed by atoms with E-state index in [4.69, 9.17) is 0 Å². The summed E-state index contributed by atoms with van der Waals surface area (Å²) in [6.45, 7) is 4.27. The third-order valence-electron chi connectivity index (χ3n) is 3.94. The molecule has 0 unspecified atom stereocenters. The summed E-state index contributed by atoms with van der Waals surface area (Å²) in [5.74, 6) is 2.38. The Morgan fingerprint density at radius 3 is 2.63 bits per heavy atom. The quantitative estimate of drug-likeness (QED) is 0.627. The lowest BCUT2D eigenvalue weighted by Gasteiger charge is -2.07. The Hall–Kier alpha value is -3.48. The fourth-order valence-electron chi connectivity index (χ4n) is 2.55. The van der Waals surface area contributed by atoms with Gasteiger partial charge in [-0.2, -0.15) is 0 Å². The van der Waals surface area contributed by atoms with Crippen molar-refractivity contribution in [2.45, 2.75) is 19.4 Å². The first kappa shape index (κ1) is 18.3. The predicted octanol–water partition coefficient (Wildman–Crippen LogP) is 3.04. The summed E-state index contributed by atoms with van der Waals surface area (Å²) in [7, 11) is 1.80. The molecule has 1 aliphatic heterocycles. The minimum Gasteiger partial charge on any atom is -0.366 e. The van der Waals surface area contributed by atoms with Crippen LogP contribution >= 0.6 is 0 Å². The second kappa shape index (κ2) is 9.28. The Morgan fingerprint density at radius 1 is 1.11 bits per heavy atom. The Kier molecular flexibility index (Phi) is 6.30. The molecular formula is C20H23N7. The minimum atomic E-state index is 0.613. The zero-order chi connectivity index (χ0) is 18.9. The number of anilines is 2. The molecule has 2 aromatic heterocycles. The van der Waals surface area contributed by atoms with Gasteiger partial charge in [-0.05, 0) is 29.7 Å². The number of hydrogen-bond acceptors (Lipinski definition) is 7. The molecule has 2 aromatic rings. The van der Waals surface area contributed by atoms with E-state index in [0.29, 0.717) is 12.5 Å². The monoisotopic (exact) mass is 361 g/mol. The molecular weight excluding hydrogens is 338 g/mol. The molecule has 0 bridgehead atoms. The number of nitrogens with one attached hydrogen (secondary N) is 3. The molecule has 0 saturated heterocycles. The van der Waals surface area contributed by atoms with Gasteiger partial charge in [-0.25, -0.2) is 19.9 Å². The molecule has 0 atom stereocenters. The van der Waals surface area contributed by atoms with Crippen LogP contribution in [0.25, 0.3) is 0 Å². The Labute approximate surface area is 159 Å². The van der Waals surface area contributed by atoms with E-state index >= 15 is 0 Å². The number of aliphatic imine (C=N–C) groups is 1. The highest BCUT2D eigenvalue weighted by Gasteiger charge is 2.10. The van der Waals surface area contributed by atoms with E-state index in [1.165, 1.54) is 5.57 Å². The molecule has 0 spiro atoms. The van der Waals surface area contributed by atoms with Crippen molar-refractivity contribution in [1.82, 2.24) is 20.3 Å². The van der Waals surface area contributed by atoms with E-state index in [1.54, 1.807) is 25.5 Å². The summed E-state index contributed by atoms with van der Waals surface area (Å²) < 4.78 is 0. The maximum atomic E-state index is 4.48. The third kappa shape index (κ3) is 5.50. The minimum absolute atomic E-state index is 0.613. The molecule has 3 N–H and O–H groups in total. The number of amidine groups is 1. The number of aromatic nitrogens is 3. The summed E-state index contributed by atoms with van der Waals surface area (Å²) in [6.07, 6.45) is 14.5. The largest absolute Gasteiger partial charge is 0.366 e. The van der Waals surface area contributed by atoms with Crippen LogP contribution in [0.3, 0.4) is 0 Å². The first-order valence-corrected chi connectivity index (χ1v) is 8.73. The van der Waals surface area contributed by atoms with Crippen molar-refractivity contribution < 1.29 is 0 Å². The maximum Gasteiger partial charge on any atom is 0.222 e. The Morgan fingerprint density at radius 2 is 1.93 bits per heavy atom. The summed E-state index contributed by atoms with van der Waals surface area (Å²) in [5.41, 5.74) is 3.42. The first-order valence-electron chi connectivity index (χ1n) is 8.73. The van der Waals surface area contributed by atoms with Crippen molar-refractivity contribution >= 4 is 17.6 Å². The molecule has 0 radical (unpaired) electrons. The number of pyridine rings is 1. The number of hydrogen-bond donors (Lipinski definition) is 3. The summed E-state index contributed by atoms with van der Waals surface area (Å²) in [6, 6.07) is 4.07. The second-order valence-corrected chi connectivity index (χ2v) is 6.03. The van der Waals surface area contributed by atoms with Crippen LogP contribution in [0, 0.1) is 0 Å². The van der Waals surface area contributed by atoms with Gasteiger partial charge in [0.15, 0.2) is 0 Å². The molecule has 0 aromatic carbocycles. The van der Waals surface area contributed by atoms with E-state index in [1.807, 2.05) is 30.7 Å². The van der Waals surface area contributed by atoms with E-state index in [0.717, 1.165) is 35.6 Å². The fourth-order valence-corrected chi connectivity index (χ4v) is 2.55. The van der Waals surface area contributed by atoms with Gasteiger partial charge in [0.1, 0.15) is 11.7 Å². The van der Waals surface area contributed by atoms with Gasteiger partial charge in [-0.3, -0.25) is 0 Å². The topological polar surface area (TPSA) is 87.1 Å². The van der Waals surface area contributed by atoms with Gasteiger partial charge < -0.3 is 16.0 Å². The van der Waals surface area contributed by atoms with Crippen molar-refractivity contribution in [2.24, 2.45) is 4.99 Å². The molecule has 7 heteroatoms. The van der Waals surface area contributed by atoms with Gasteiger partial charge in [0.05, 0.1) is 0 Å². The Balaban J connectivity index is 1.46. The van der Waals surface area contributed by atoms with Crippen LogP contribution in [0.5, 0.6) is 0 Å². The van der Waals surface area contributed by atoms with Crippen LogP contribution in [0.2, 0.25) is 0 Å². The van der Waals surface area contributed by atoms with Crippen LogP contribution in [0.15, 0.2) is 72.4 Å². The predicted molar refractivity (Wildman–Crippen MR) is 109 cm³/mol. The summed E-state index contributed by atoms with van der Waals surface area (Å²) >= 11 is 0. The first-order chi connectivity index (χ1) is 13.3. The lowest BCUT2D eigenvalue weighted by Crippen LogP contribution is -2.15. The van der Waals surface area contributed by atoms with Gasteiger partial charge in [0.2, 0.25) is 5.95 Å². The van der Waals surface area contributed by atoms with Crippen molar-refractivity contribution in [3.63, 3.8) is 0 Å². The molecule has 0 aliphatic carbocycles. The van der Waals surface area contributed by atoms with Crippen LogP contribution < -0.4 is 16.0 Å². The van der Waals surface area contributed by atoms with Gasteiger partial charge in [0, 0.05) is 56.6 Å². The molecule has 3 heterocycles. The average molecular weight is 361 g/mol. The lowest BCUT2D eigenvalue weighted by atomic mass is 10.1. The lowest BCUT2D eigenvalue weighted by molar-refractivity contribution is 1.03. The molecule has 0 amide bonds. The van der Waals surface area contributed by atoms with Crippen molar-refractivity contribution in [3.8, 4) is 0 Å². The van der Waals surface area contributed by atoms with Gasteiger partial charge in [-0.1, -0.05) is 18.7 Å². The van der Waals surface area contributed by atoms with E-state index in [9.17, 15) is 0 Å². The Bertz CT molecular complexity index is 849. The van der Waals surface area contributed by atoms with E-state index < -0.39 is 0 Å². The summed E-state index contributed by atoms with van der Waals surface area (Å²) in [4.78, 5) is 17.3. The average Bonchev–Trinajstić information content (AvgIpc) is 3.15. The highest BCUT2D eigenvalue weighted by molar-refractivity contribution is 5.87. The highest BCUT2D eigenvalue weighted by Crippen LogP contribution is 2.17. The van der Waals surface area contributed by atoms with Gasteiger partial charge >= 0.3 is 0 Å². The van der Waals surface area contributed by atoms with Crippen molar-refractivity contribution in [1.29, 1.82) is 0 Å².